The molecule has 0 spiro atoms. The Bertz CT molecular complexity index is 908. The first kappa shape index (κ1) is 25.2. The number of ether oxygens (including phenoxy) is 2. The number of nitrogens with zero attached hydrogens (tertiary/aromatic N) is 3. The van der Waals surface area contributed by atoms with Crippen LogP contribution in [0.5, 0.6) is 5.75 Å². The van der Waals surface area contributed by atoms with Crippen LogP contribution in [0.25, 0.3) is 0 Å². The minimum absolute atomic E-state index is 0.116. The standard InChI is InChI=1S/C20H29N3O5S.C2H6/c1-3-22-20(7-10-21-22)23(4-2)29(25,26)18-5-6-19(17(13-18)14-24)28-15-16-8-11-27-12-9-16;1-2/h5-7,10,13,16,24H,3-4,8-9,11-12,14-15H2,1-2H3;1-2H3. The van der Waals surface area contributed by atoms with Gasteiger partial charge in [0.05, 0.1) is 24.3 Å². The smallest absolute Gasteiger partial charge is 0.265 e. The summed E-state index contributed by atoms with van der Waals surface area (Å²) < 4.78 is 40.7. The molecule has 0 amide bonds. The normalized spacial score (nSPS) is 14.6. The Morgan fingerprint density at radius 2 is 1.94 bits per heavy atom. The third-order valence-corrected chi connectivity index (χ3v) is 7.02. The number of aryl methyl sites for hydroxylation is 1. The second-order valence-corrected chi connectivity index (χ2v) is 8.83. The molecule has 1 aliphatic rings. The quantitative estimate of drug-likeness (QED) is 0.625. The fourth-order valence-corrected chi connectivity index (χ4v) is 4.99. The van der Waals surface area contributed by atoms with Gasteiger partial charge in [-0.2, -0.15) is 5.10 Å². The monoisotopic (exact) mass is 453 g/mol. The van der Waals surface area contributed by atoms with E-state index in [2.05, 4.69) is 5.10 Å². The topological polar surface area (TPSA) is 93.9 Å². The zero-order valence-corrected chi connectivity index (χ0v) is 19.8. The van der Waals surface area contributed by atoms with Gasteiger partial charge in [-0.15, -0.1) is 0 Å². The van der Waals surface area contributed by atoms with Crippen molar-refractivity contribution in [3.63, 3.8) is 0 Å². The van der Waals surface area contributed by atoms with Gasteiger partial charge < -0.3 is 14.6 Å². The van der Waals surface area contributed by atoms with E-state index >= 15 is 0 Å². The highest BCUT2D eigenvalue weighted by Gasteiger charge is 2.27. The largest absolute Gasteiger partial charge is 0.493 e. The minimum Gasteiger partial charge on any atom is -0.493 e. The number of aliphatic hydroxyl groups excluding tert-OH is 1. The van der Waals surface area contributed by atoms with Crippen molar-refractivity contribution in [2.24, 2.45) is 5.92 Å². The molecule has 2 aromatic rings. The van der Waals surface area contributed by atoms with Crippen LogP contribution >= 0.6 is 0 Å². The third kappa shape index (κ3) is 5.99. The molecule has 0 bridgehead atoms. The van der Waals surface area contributed by atoms with E-state index < -0.39 is 10.0 Å². The van der Waals surface area contributed by atoms with E-state index in [0.717, 1.165) is 26.1 Å². The van der Waals surface area contributed by atoms with Gasteiger partial charge >= 0.3 is 0 Å². The van der Waals surface area contributed by atoms with Gasteiger partial charge in [-0.25, -0.2) is 13.1 Å². The van der Waals surface area contributed by atoms with E-state index in [1.807, 2.05) is 20.8 Å². The van der Waals surface area contributed by atoms with E-state index in [1.54, 1.807) is 29.9 Å². The predicted octanol–water partition coefficient (Wildman–Crippen LogP) is 3.44. The van der Waals surface area contributed by atoms with Gasteiger partial charge in [0, 0.05) is 37.9 Å². The highest BCUT2D eigenvalue weighted by Crippen LogP contribution is 2.28. The van der Waals surface area contributed by atoms with Crippen LogP contribution in [0.3, 0.4) is 0 Å². The van der Waals surface area contributed by atoms with Gasteiger partial charge in [0.2, 0.25) is 0 Å². The molecule has 0 aliphatic carbocycles. The molecule has 2 heterocycles. The van der Waals surface area contributed by atoms with E-state index in [0.29, 0.717) is 36.2 Å². The maximum atomic E-state index is 13.3. The molecule has 1 aromatic carbocycles. The van der Waals surface area contributed by atoms with Crippen LogP contribution in [0.2, 0.25) is 0 Å². The second-order valence-electron chi connectivity index (χ2n) is 6.97. The van der Waals surface area contributed by atoms with Crippen molar-refractivity contribution in [3.8, 4) is 5.75 Å². The molecule has 0 radical (unpaired) electrons. The van der Waals surface area contributed by atoms with Crippen LogP contribution in [0, 0.1) is 5.92 Å². The lowest BCUT2D eigenvalue weighted by Gasteiger charge is -2.24. The zero-order chi connectivity index (χ0) is 22.9. The van der Waals surface area contributed by atoms with Crippen molar-refractivity contribution < 1.29 is 23.0 Å². The van der Waals surface area contributed by atoms with Crippen LogP contribution in [0.4, 0.5) is 5.82 Å². The fraction of sp³-hybridized carbons (Fsp3) is 0.591. The lowest BCUT2D eigenvalue weighted by molar-refractivity contribution is 0.0494. The summed E-state index contributed by atoms with van der Waals surface area (Å²) in [6.07, 6.45) is 3.47. The molecule has 0 saturated carbocycles. The van der Waals surface area contributed by atoms with Crippen molar-refractivity contribution in [2.75, 3.05) is 30.7 Å². The number of benzene rings is 1. The lowest BCUT2D eigenvalue weighted by Crippen LogP contribution is -2.32. The summed E-state index contributed by atoms with van der Waals surface area (Å²) in [5.74, 6) is 1.43. The van der Waals surface area contributed by atoms with Crippen LogP contribution in [0.1, 0.15) is 46.1 Å². The lowest BCUT2D eigenvalue weighted by atomic mass is 10.0. The molecular formula is C22H35N3O5S. The zero-order valence-electron chi connectivity index (χ0n) is 19.0. The molecule has 0 atom stereocenters. The summed E-state index contributed by atoms with van der Waals surface area (Å²) in [6, 6.07) is 6.33. The van der Waals surface area contributed by atoms with Crippen molar-refractivity contribution in [1.82, 2.24) is 9.78 Å². The van der Waals surface area contributed by atoms with Gasteiger partial charge in [0.15, 0.2) is 0 Å². The van der Waals surface area contributed by atoms with Crippen molar-refractivity contribution >= 4 is 15.8 Å². The van der Waals surface area contributed by atoms with Gasteiger partial charge in [-0.1, -0.05) is 13.8 Å². The molecule has 1 saturated heterocycles. The highest BCUT2D eigenvalue weighted by atomic mass is 32.2. The van der Waals surface area contributed by atoms with Gasteiger partial charge in [-0.3, -0.25) is 4.31 Å². The van der Waals surface area contributed by atoms with Crippen molar-refractivity contribution in [3.05, 3.63) is 36.0 Å². The SMILES string of the molecule is CC.CCN(c1ccnn1CC)S(=O)(=O)c1ccc(OCC2CCOCC2)c(CO)c1. The summed E-state index contributed by atoms with van der Waals surface area (Å²) in [4.78, 5) is 0.116. The second kappa shape index (κ2) is 12.1. The Balaban J connectivity index is 0.00000166. The van der Waals surface area contributed by atoms with Crippen molar-refractivity contribution in [1.29, 1.82) is 0 Å². The molecule has 1 N–H and O–H groups in total. The first-order valence-corrected chi connectivity index (χ1v) is 12.4. The van der Waals surface area contributed by atoms with E-state index in [4.69, 9.17) is 9.47 Å². The molecule has 1 aromatic heterocycles. The third-order valence-electron chi connectivity index (χ3n) is 5.14. The Kier molecular flexibility index (Phi) is 9.80. The first-order chi connectivity index (χ1) is 15.0. The van der Waals surface area contributed by atoms with Crippen molar-refractivity contribution in [2.45, 2.75) is 58.6 Å². The molecule has 8 nitrogen and oxygen atoms in total. The summed E-state index contributed by atoms with van der Waals surface area (Å²) in [7, 11) is -3.80. The summed E-state index contributed by atoms with van der Waals surface area (Å²) in [6.45, 7) is 10.2. The Morgan fingerprint density at radius 1 is 1.23 bits per heavy atom. The van der Waals surface area contributed by atoms with E-state index in [-0.39, 0.29) is 18.0 Å². The fourth-order valence-electron chi connectivity index (χ4n) is 3.46. The molecule has 0 unspecified atom stereocenters. The maximum Gasteiger partial charge on any atom is 0.265 e. The summed E-state index contributed by atoms with van der Waals surface area (Å²) in [5.41, 5.74) is 0.457. The summed E-state index contributed by atoms with van der Waals surface area (Å²) in [5, 5.41) is 14.0. The average molecular weight is 454 g/mol. The van der Waals surface area contributed by atoms with Gasteiger partial charge in [0.25, 0.3) is 10.0 Å². The molecule has 1 fully saturated rings. The van der Waals surface area contributed by atoms with Gasteiger partial charge in [0.1, 0.15) is 11.6 Å². The minimum atomic E-state index is -3.80. The number of sulfonamides is 1. The molecule has 9 heteroatoms. The first-order valence-electron chi connectivity index (χ1n) is 11.0. The Hall–Kier alpha value is -2.10. The number of hydrogen-bond donors (Lipinski definition) is 1. The maximum absolute atomic E-state index is 13.3. The number of aromatic nitrogens is 2. The number of hydrogen-bond acceptors (Lipinski definition) is 6. The van der Waals surface area contributed by atoms with Crippen LogP contribution in [-0.4, -0.2) is 49.7 Å². The van der Waals surface area contributed by atoms with Gasteiger partial charge in [-0.05, 0) is 50.8 Å². The average Bonchev–Trinajstić information content (AvgIpc) is 3.28. The highest BCUT2D eigenvalue weighted by molar-refractivity contribution is 7.92. The Morgan fingerprint density at radius 3 is 2.55 bits per heavy atom. The molecule has 31 heavy (non-hydrogen) atoms. The van der Waals surface area contributed by atoms with E-state index in [1.165, 1.54) is 16.4 Å². The predicted molar refractivity (Wildman–Crippen MR) is 121 cm³/mol. The number of rotatable bonds is 9. The van der Waals surface area contributed by atoms with Crippen LogP contribution < -0.4 is 9.04 Å². The number of anilines is 1. The van der Waals surface area contributed by atoms with E-state index in [9.17, 15) is 13.5 Å². The molecule has 1 aliphatic heterocycles. The van der Waals surface area contributed by atoms with Crippen LogP contribution in [0.15, 0.2) is 35.4 Å². The number of aliphatic hydroxyl groups is 1. The van der Waals surface area contributed by atoms with Crippen LogP contribution in [-0.2, 0) is 27.9 Å². The molecular weight excluding hydrogens is 418 g/mol. The molecule has 3 rings (SSSR count). The Labute approximate surface area is 185 Å². The summed E-state index contributed by atoms with van der Waals surface area (Å²) >= 11 is 0. The molecule has 174 valence electrons.